The molecule has 0 amide bonds. The number of carbonyl (C=O) groups is 1. The summed E-state index contributed by atoms with van der Waals surface area (Å²) in [6, 6.07) is 23.1. The summed E-state index contributed by atoms with van der Waals surface area (Å²) in [6.45, 7) is 3.00. The van der Waals surface area contributed by atoms with Gasteiger partial charge in [-0.15, -0.1) is 0 Å². The van der Waals surface area contributed by atoms with Crippen LogP contribution in [0.2, 0.25) is 0 Å². The number of methoxy groups -OCH3 is 1. The van der Waals surface area contributed by atoms with E-state index in [2.05, 4.69) is 18.8 Å². The Balaban J connectivity index is 1.46. The third kappa shape index (κ3) is 8.75. The van der Waals surface area contributed by atoms with Crippen molar-refractivity contribution in [2.45, 2.75) is 45.4 Å². The monoisotopic (exact) mass is 520 g/mol. The minimum atomic E-state index is -0.266. The van der Waals surface area contributed by atoms with E-state index in [1.807, 2.05) is 72.8 Å². The van der Waals surface area contributed by atoms with Gasteiger partial charge in [0.1, 0.15) is 0 Å². The Morgan fingerprint density at radius 3 is 1.91 bits per heavy atom. The van der Waals surface area contributed by atoms with E-state index < -0.39 is 0 Å². The van der Waals surface area contributed by atoms with Crippen LogP contribution in [0.5, 0.6) is 11.5 Å². The van der Waals surface area contributed by atoms with Gasteiger partial charge in [0.25, 0.3) is 0 Å². The molecule has 3 nitrogen and oxygen atoms in total. The van der Waals surface area contributed by atoms with E-state index in [0.717, 1.165) is 40.1 Å². The van der Waals surface area contributed by atoms with Crippen molar-refractivity contribution in [3.63, 3.8) is 0 Å². The van der Waals surface area contributed by atoms with Crippen molar-refractivity contribution in [3.05, 3.63) is 89.5 Å². The number of ether oxygens (including phenoxy) is 2. The maximum absolute atomic E-state index is 12.6. The van der Waals surface area contributed by atoms with E-state index in [-0.39, 0.29) is 19.6 Å². The van der Waals surface area contributed by atoms with Crippen molar-refractivity contribution >= 4 is 24.1 Å². The second-order valence-electron chi connectivity index (χ2n) is 8.03. The van der Waals surface area contributed by atoms with Crippen molar-refractivity contribution < 1.29 is 14.3 Å². The Labute approximate surface area is 210 Å². The summed E-state index contributed by atoms with van der Waals surface area (Å²) in [6.07, 6.45) is 7.57. The van der Waals surface area contributed by atoms with E-state index in [0.29, 0.717) is 5.56 Å². The maximum atomic E-state index is 12.6. The molecule has 3 aromatic carbocycles. The number of benzene rings is 3. The minimum absolute atomic E-state index is 0.147. The molecule has 3 aromatic rings. The predicted molar refractivity (Wildman–Crippen MR) is 140 cm³/mol. The van der Waals surface area contributed by atoms with E-state index in [1.165, 1.54) is 32.1 Å². The molecular weight excluding hydrogens is 487 g/mol. The zero-order valence-electron chi connectivity index (χ0n) is 20.0. The van der Waals surface area contributed by atoms with E-state index >= 15 is 0 Å². The first-order chi connectivity index (χ1) is 16.7. The average molecular weight is 520 g/mol. The van der Waals surface area contributed by atoms with E-state index in [1.54, 1.807) is 7.11 Å². The van der Waals surface area contributed by atoms with Crippen LogP contribution in [-0.4, -0.2) is 33.4 Å². The fourth-order valence-corrected chi connectivity index (χ4v) is 4.90. The summed E-state index contributed by atoms with van der Waals surface area (Å²) in [5.74, 6) is 8.05. The van der Waals surface area contributed by atoms with Gasteiger partial charge >= 0.3 is 158 Å². The fourth-order valence-electron chi connectivity index (χ4n) is 3.35. The molecule has 0 saturated heterocycles. The molecule has 176 valence electrons. The van der Waals surface area contributed by atoms with Crippen LogP contribution in [0.3, 0.4) is 0 Å². The van der Waals surface area contributed by atoms with Crippen LogP contribution < -0.4 is 13.9 Å². The number of carbonyl (C=O) groups excluding carboxylic acids is 1. The second kappa shape index (κ2) is 14.3. The van der Waals surface area contributed by atoms with Gasteiger partial charge in [-0.2, -0.15) is 0 Å². The summed E-state index contributed by atoms with van der Waals surface area (Å²) in [5, 5.41) is 0. The average Bonchev–Trinajstić information content (AvgIpc) is 2.88. The molecule has 0 radical (unpaired) electrons. The topological polar surface area (TPSA) is 35.5 Å². The molecule has 0 N–H and O–H groups in total. The molecule has 0 bridgehead atoms. The number of rotatable bonds is 12. The first-order valence-electron chi connectivity index (χ1n) is 11.9. The summed E-state index contributed by atoms with van der Waals surface area (Å²) in [5.41, 5.74) is 2.54. The molecular formula is C30H32O3Se. The molecule has 0 aliphatic carbocycles. The normalized spacial score (nSPS) is 10.3. The van der Waals surface area contributed by atoms with Gasteiger partial charge in [0.15, 0.2) is 0 Å². The van der Waals surface area contributed by atoms with E-state index in [4.69, 9.17) is 9.47 Å². The Morgan fingerprint density at radius 1 is 0.735 bits per heavy atom. The van der Waals surface area contributed by atoms with Crippen molar-refractivity contribution in [3.8, 4) is 23.3 Å². The Kier molecular flexibility index (Phi) is 10.8. The van der Waals surface area contributed by atoms with Crippen LogP contribution in [0.15, 0.2) is 72.8 Å². The van der Waals surface area contributed by atoms with Crippen molar-refractivity contribution in [2.75, 3.05) is 13.7 Å². The van der Waals surface area contributed by atoms with Gasteiger partial charge in [-0.25, -0.2) is 0 Å². The first-order valence-corrected chi connectivity index (χ1v) is 13.6. The predicted octanol–water partition coefficient (Wildman–Crippen LogP) is 6.00. The third-order valence-corrected chi connectivity index (χ3v) is 7.31. The zero-order chi connectivity index (χ0) is 24.0. The molecule has 0 saturated carbocycles. The molecule has 0 aliphatic rings. The van der Waals surface area contributed by atoms with Gasteiger partial charge in [-0.3, -0.25) is 0 Å². The molecule has 34 heavy (non-hydrogen) atoms. The number of unbranched alkanes of at least 4 members (excludes halogenated alkanes) is 5. The Hall–Kier alpha value is -2.99. The van der Waals surface area contributed by atoms with Gasteiger partial charge in [0.05, 0.1) is 6.61 Å². The molecule has 0 heterocycles. The van der Waals surface area contributed by atoms with Crippen LogP contribution in [0.25, 0.3) is 0 Å². The van der Waals surface area contributed by atoms with Gasteiger partial charge in [0, 0.05) is 0 Å². The Morgan fingerprint density at radius 2 is 1.29 bits per heavy atom. The van der Waals surface area contributed by atoms with Gasteiger partial charge in [-0.1, -0.05) is 39.0 Å². The van der Waals surface area contributed by atoms with Crippen molar-refractivity contribution in [1.29, 1.82) is 0 Å². The zero-order valence-corrected chi connectivity index (χ0v) is 21.7. The quantitative estimate of drug-likeness (QED) is 0.167. The van der Waals surface area contributed by atoms with Crippen molar-refractivity contribution in [1.82, 2.24) is 0 Å². The van der Waals surface area contributed by atoms with Gasteiger partial charge in [0.2, 0.25) is 0 Å². The first kappa shape index (κ1) is 25.6. The fraction of sp³-hybridized carbons (Fsp3) is 0.300. The SMILES string of the molecule is CCCCCCCCOc1ccc(C#Cc2ccc(C(=O)[Se]c3ccc(OC)cc3)cc2)cc1. The number of hydrogen-bond donors (Lipinski definition) is 0. The summed E-state index contributed by atoms with van der Waals surface area (Å²) in [7, 11) is 1.64. The van der Waals surface area contributed by atoms with Crippen LogP contribution >= 0.6 is 0 Å². The molecule has 4 heteroatoms. The van der Waals surface area contributed by atoms with Crippen LogP contribution in [0, 0.1) is 11.8 Å². The summed E-state index contributed by atoms with van der Waals surface area (Å²) < 4.78 is 12.2. The molecule has 0 aliphatic heterocycles. The summed E-state index contributed by atoms with van der Waals surface area (Å²) in [4.78, 5) is 12.6. The standard InChI is InChI=1S/C30H32O3Se/c1-3-4-5-6-7-8-23-33-28-17-13-25(14-18-28)10-9-24-11-15-26(16-12-24)30(31)34-29-21-19-27(32-2)20-22-29/h11-22H,3-8,23H2,1-2H3. The van der Waals surface area contributed by atoms with E-state index in [9.17, 15) is 4.79 Å². The molecule has 0 unspecified atom stereocenters. The van der Waals surface area contributed by atoms with Crippen LogP contribution in [0.4, 0.5) is 0 Å². The molecule has 0 spiro atoms. The summed E-state index contributed by atoms with van der Waals surface area (Å²) >= 11 is -0.266. The Bertz CT molecular complexity index is 1080. The second-order valence-corrected chi connectivity index (χ2v) is 10.2. The number of hydrogen-bond acceptors (Lipinski definition) is 3. The molecule has 3 rings (SSSR count). The van der Waals surface area contributed by atoms with Gasteiger partial charge < -0.3 is 0 Å². The third-order valence-electron chi connectivity index (χ3n) is 5.36. The van der Waals surface area contributed by atoms with Crippen LogP contribution in [-0.2, 0) is 0 Å². The molecule has 0 atom stereocenters. The van der Waals surface area contributed by atoms with Crippen LogP contribution in [0.1, 0.15) is 66.9 Å². The van der Waals surface area contributed by atoms with Gasteiger partial charge in [-0.05, 0) is 6.42 Å². The molecule has 0 aromatic heterocycles. The molecule has 0 fully saturated rings. The van der Waals surface area contributed by atoms with Crippen molar-refractivity contribution in [2.24, 2.45) is 0 Å².